The van der Waals surface area contributed by atoms with Crippen LogP contribution in [0.1, 0.15) is 46.0 Å². The summed E-state index contributed by atoms with van der Waals surface area (Å²) in [6, 6.07) is 0.941. The van der Waals surface area contributed by atoms with Gasteiger partial charge in [-0.15, -0.1) is 0 Å². The molecule has 3 rings (SSSR count). The molecule has 0 amide bonds. The molecular weight excluding hydrogens is 266 g/mol. The average Bonchev–Trinajstić information content (AvgIpc) is 3.36. The minimum absolute atomic E-state index is 0.413. The van der Waals surface area contributed by atoms with Crippen molar-refractivity contribution >= 4 is 11.9 Å². The van der Waals surface area contributed by atoms with Gasteiger partial charge in [-0.3, -0.25) is 0 Å². The van der Waals surface area contributed by atoms with E-state index in [1.54, 1.807) is 0 Å². The number of anilines is 2. The van der Waals surface area contributed by atoms with Gasteiger partial charge in [-0.2, -0.15) is 15.0 Å². The maximum Gasteiger partial charge on any atom is 0.323 e. The molecule has 0 unspecified atom stereocenters. The lowest BCUT2D eigenvalue weighted by atomic mass is 10.1. The van der Waals surface area contributed by atoms with Crippen molar-refractivity contribution in [1.29, 1.82) is 0 Å². The Morgan fingerprint density at radius 3 is 2.29 bits per heavy atom. The maximum absolute atomic E-state index is 5.57. The molecule has 6 nitrogen and oxygen atoms in total. The normalized spacial score (nSPS) is 17.9. The molecular formula is C15H25N5O. The van der Waals surface area contributed by atoms with Crippen molar-refractivity contribution < 1.29 is 4.74 Å². The first-order valence-electron chi connectivity index (χ1n) is 8.19. The van der Waals surface area contributed by atoms with Crippen LogP contribution in [0.25, 0.3) is 0 Å². The zero-order valence-corrected chi connectivity index (χ0v) is 12.9. The third-order valence-corrected chi connectivity index (χ3v) is 3.94. The Labute approximate surface area is 126 Å². The molecule has 0 bridgehead atoms. The maximum atomic E-state index is 5.57. The fourth-order valence-electron chi connectivity index (χ4n) is 2.60. The number of hydrogen-bond donors (Lipinski definition) is 2. The smallest absolute Gasteiger partial charge is 0.323 e. The Morgan fingerprint density at radius 2 is 1.71 bits per heavy atom. The summed E-state index contributed by atoms with van der Waals surface area (Å²) in [5.41, 5.74) is 0. The van der Waals surface area contributed by atoms with Crippen LogP contribution >= 0.6 is 0 Å². The summed E-state index contributed by atoms with van der Waals surface area (Å²) in [7, 11) is 0. The van der Waals surface area contributed by atoms with E-state index in [4.69, 9.17) is 4.74 Å². The molecule has 2 fully saturated rings. The topological polar surface area (TPSA) is 72.0 Å². The molecule has 0 aromatic carbocycles. The first-order valence-corrected chi connectivity index (χ1v) is 8.19. The number of nitrogens with zero attached hydrogens (tertiary/aromatic N) is 3. The standard InChI is InChI=1S/C15H25N5O/c1-3-9-21-15-19-13(16-4-2)18-14(20-15)17-12(10-5-6-10)11-7-8-11/h10-12H,3-9H2,1-2H3,(H2,16,17,18,19,20). The highest BCUT2D eigenvalue weighted by Gasteiger charge is 2.41. The van der Waals surface area contributed by atoms with Gasteiger partial charge in [0.1, 0.15) is 0 Å². The molecule has 0 radical (unpaired) electrons. The fourth-order valence-corrected chi connectivity index (χ4v) is 2.60. The number of hydrogen-bond acceptors (Lipinski definition) is 6. The van der Waals surface area contributed by atoms with Crippen molar-refractivity contribution in [2.45, 2.75) is 52.0 Å². The number of ether oxygens (including phenoxy) is 1. The molecule has 2 saturated carbocycles. The third kappa shape index (κ3) is 3.95. The van der Waals surface area contributed by atoms with Crippen LogP contribution in [0.4, 0.5) is 11.9 Å². The van der Waals surface area contributed by atoms with E-state index in [0.29, 0.717) is 30.6 Å². The van der Waals surface area contributed by atoms with Crippen molar-refractivity contribution in [2.24, 2.45) is 11.8 Å². The molecule has 21 heavy (non-hydrogen) atoms. The van der Waals surface area contributed by atoms with Gasteiger partial charge in [0.15, 0.2) is 0 Å². The zero-order chi connectivity index (χ0) is 14.7. The van der Waals surface area contributed by atoms with Crippen molar-refractivity contribution in [3.8, 4) is 6.01 Å². The van der Waals surface area contributed by atoms with Crippen LogP contribution in [0.5, 0.6) is 6.01 Å². The van der Waals surface area contributed by atoms with Crippen LogP contribution in [0, 0.1) is 11.8 Å². The SMILES string of the molecule is CCCOc1nc(NCC)nc(NC(C2CC2)C2CC2)n1. The van der Waals surface area contributed by atoms with E-state index in [1.165, 1.54) is 25.7 Å². The highest BCUT2D eigenvalue weighted by atomic mass is 16.5. The van der Waals surface area contributed by atoms with E-state index in [-0.39, 0.29) is 0 Å². The van der Waals surface area contributed by atoms with E-state index in [2.05, 4.69) is 32.5 Å². The molecule has 0 saturated heterocycles. The summed E-state index contributed by atoms with van der Waals surface area (Å²) in [6.45, 7) is 5.51. The van der Waals surface area contributed by atoms with Crippen LogP contribution in [-0.2, 0) is 0 Å². The van der Waals surface area contributed by atoms with Gasteiger partial charge in [0.2, 0.25) is 11.9 Å². The van der Waals surface area contributed by atoms with Gasteiger partial charge in [-0.05, 0) is 50.9 Å². The second-order valence-corrected chi connectivity index (χ2v) is 5.99. The lowest BCUT2D eigenvalue weighted by Crippen LogP contribution is -2.26. The van der Waals surface area contributed by atoms with Crippen molar-refractivity contribution in [3.63, 3.8) is 0 Å². The summed E-state index contributed by atoms with van der Waals surface area (Å²) in [5.74, 6) is 2.84. The summed E-state index contributed by atoms with van der Waals surface area (Å²) in [6.07, 6.45) is 6.27. The molecule has 0 atom stereocenters. The average molecular weight is 291 g/mol. The second-order valence-electron chi connectivity index (χ2n) is 5.99. The predicted molar refractivity (Wildman–Crippen MR) is 82.6 cm³/mol. The van der Waals surface area contributed by atoms with Crippen LogP contribution < -0.4 is 15.4 Å². The molecule has 0 aliphatic heterocycles. The molecule has 6 heteroatoms. The monoisotopic (exact) mass is 291 g/mol. The highest BCUT2D eigenvalue weighted by molar-refractivity contribution is 5.37. The summed E-state index contributed by atoms with van der Waals surface area (Å²) in [5, 5.41) is 6.68. The van der Waals surface area contributed by atoms with E-state index in [0.717, 1.165) is 24.8 Å². The Hall–Kier alpha value is -1.59. The quantitative estimate of drug-likeness (QED) is 0.729. The lowest BCUT2D eigenvalue weighted by molar-refractivity contribution is 0.292. The second kappa shape index (κ2) is 6.45. The Kier molecular flexibility index (Phi) is 4.41. The van der Waals surface area contributed by atoms with Crippen LogP contribution in [-0.4, -0.2) is 34.1 Å². The third-order valence-electron chi connectivity index (χ3n) is 3.94. The Bertz CT molecular complexity index is 461. The minimum atomic E-state index is 0.413. The Morgan fingerprint density at radius 1 is 1.05 bits per heavy atom. The molecule has 2 N–H and O–H groups in total. The fraction of sp³-hybridized carbons (Fsp3) is 0.800. The van der Waals surface area contributed by atoms with Crippen LogP contribution in [0.2, 0.25) is 0 Å². The van der Waals surface area contributed by atoms with E-state index >= 15 is 0 Å². The van der Waals surface area contributed by atoms with E-state index in [9.17, 15) is 0 Å². The van der Waals surface area contributed by atoms with Gasteiger partial charge < -0.3 is 15.4 Å². The molecule has 1 heterocycles. The highest BCUT2D eigenvalue weighted by Crippen LogP contribution is 2.45. The largest absolute Gasteiger partial charge is 0.463 e. The van der Waals surface area contributed by atoms with Crippen LogP contribution in [0.15, 0.2) is 0 Å². The van der Waals surface area contributed by atoms with Crippen molar-refractivity contribution in [2.75, 3.05) is 23.8 Å². The van der Waals surface area contributed by atoms with Crippen molar-refractivity contribution in [1.82, 2.24) is 15.0 Å². The van der Waals surface area contributed by atoms with Gasteiger partial charge in [0, 0.05) is 12.6 Å². The molecule has 1 aromatic heterocycles. The molecule has 116 valence electrons. The Balaban J connectivity index is 1.73. The molecule has 2 aliphatic rings. The first kappa shape index (κ1) is 14.4. The zero-order valence-electron chi connectivity index (χ0n) is 12.9. The van der Waals surface area contributed by atoms with Gasteiger partial charge in [-0.1, -0.05) is 6.92 Å². The number of rotatable bonds is 9. The lowest BCUT2D eigenvalue weighted by Gasteiger charge is -2.18. The minimum Gasteiger partial charge on any atom is -0.463 e. The number of nitrogens with one attached hydrogen (secondary N) is 2. The molecule has 2 aliphatic carbocycles. The predicted octanol–water partition coefficient (Wildman–Crippen LogP) is 2.69. The van der Waals surface area contributed by atoms with Crippen LogP contribution in [0.3, 0.4) is 0 Å². The summed E-state index contributed by atoms with van der Waals surface area (Å²) < 4.78 is 5.57. The van der Waals surface area contributed by atoms with Gasteiger partial charge in [0.05, 0.1) is 6.61 Å². The molecule has 1 aromatic rings. The van der Waals surface area contributed by atoms with Crippen molar-refractivity contribution in [3.05, 3.63) is 0 Å². The number of aromatic nitrogens is 3. The summed E-state index contributed by atoms with van der Waals surface area (Å²) in [4.78, 5) is 13.2. The van der Waals surface area contributed by atoms with Gasteiger partial charge in [0.25, 0.3) is 0 Å². The van der Waals surface area contributed by atoms with E-state index < -0.39 is 0 Å². The van der Waals surface area contributed by atoms with Gasteiger partial charge in [-0.25, -0.2) is 0 Å². The van der Waals surface area contributed by atoms with Gasteiger partial charge >= 0.3 is 6.01 Å². The molecule has 0 spiro atoms. The first-order chi connectivity index (χ1) is 10.3. The summed E-state index contributed by atoms with van der Waals surface area (Å²) >= 11 is 0. The van der Waals surface area contributed by atoms with E-state index in [1.807, 2.05) is 6.92 Å².